The van der Waals surface area contributed by atoms with Crippen molar-refractivity contribution in [1.29, 1.82) is 0 Å². The zero-order valence-corrected chi connectivity index (χ0v) is 9.84. The number of hydrogen-bond acceptors (Lipinski definition) is 2. The number of aryl methyl sites for hydroxylation is 1. The van der Waals surface area contributed by atoms with E-state index < -0.39 is 0 Å². The molecule has 3 rings (SSSR count). The molecule has 1 aromatic heterocycles. The number of aliphatic hydroxyl groups excluding tert-OH is 1. The Morgan fingerprint density at radius 2 is 2.25 bits per heavy atom. The third-order valence-electron chi connectivity index (χ3n) is 4.33. The molecule has 0 aromatic carbocycles. The van der Waals surface area contributed by atoms with E-state index in [-0.39, 0.29) is 6.10 Å². The van der Waals surface area contributed by atoms with Crippen LogP contribution in [0.2, 0.25) is 0 Å². The maximum atomic E-state index is 10.4. The van der Waals surface area contributed by atoms with E-state index in [0.717, 1.165) is 30.5 Å². The van der Waals surface area contributed by atoms with Gasteiger partial charge in [-0.25, -0.2) is 0 Å². The fraction of sp³-hybridized carbons (Fsp3) is 0.769. The van der Waals surface area contributed by atoms with Gasteiger partial charge in [-0.05, 0) is 43.1 Å². The average molecular weight is 220 g/mol. The van der Waals surface area contributed by atoms with Crippen LogP contribution in [0.5, 0.6) is 0 Å². The molecule has 1 N–H and O–H groups in total. The summed E-state index contributed by atoms with van der Waals surface area (Å²) in [5.41, 5.74) is 1.03. The van der Waals surface area contributed by atoms with Crippen molar-refractivity contribution in [2.45, 2.75) is 45.3 Å². The van der Waals surface area contributed by atoms with Gasteiger partial charge in [-0.15, -0.1) is 0 Å². The molecule has 0 amide bonds. The summed E-state index contributed by atoms with van der Waals surface area (Å²) in [6.45, 7) is 3.06. The van der Waals surface area contributed by atoms with E-state index in [2.05, 4.69) is 12.0 Å². The Labute approximate surface area is 96.5 Å². The van der Waals surface area contributed by atoms with E-state index in [9.17, 15) is 5.11 Å². The molecule has 2 saturated carbocycles. The molecule has 1 heterocycles. The van der Waals surface area contributed by atoms with Crippen molar-refractivity contribution < 1.29 is 5.11 Å². The number of nitrogens with zero attached hydrogens (tertiary/aromatic N) is 2. The highest BCUT2D eigenvalue weighted by atomic mass is 16.3. The molecule has 2 aliphatic carbocycles. The SMILES string of the molecule is CCCn1nccc1C(O)C1C2CCCC21. The molecule has 3 nitrogen and oxygen atoms in total. The smallest absolute Gasteiger partial charge is 0.0990 e. The van der Waals surface area contributed by atoms with Crippen molar-refractivity contribution in [3.8, 4) is 0 Å². The van der Waals surface area contributed by atoms with Gasteiger partial charge in [0, 0.05) is 12.7 Å². The van der Waals surface area contributed by atoms with E-state index >= 15 is 0 Å². The normalized spacial score (nSPS) is 33.8. The molecular weight excluding hydrogens is 200 g/mol. The second kappa shape index (κ2) is 3.88. The summed E-state index contributed by atoms with van der Waals surface area (Å²) in [7, 11) is 0. The molecule has 0 spiro atoms. The lowest BCUT2D eigenvalue weighted by Crippen LogP contribution is -2.12. The highest BCUT2D eigenvalue weighted by Crippen LogP contribution is 2.62. The zero-order chi connectivity index (χ0) is 11.1. The zero-order valence-electron chi connectivity index (χ0n) is 9.84. The summed E-state index contributed by atoms with van der Waals surface area (Å²) in [6, 6.07) is 1.98. The second-order valence-electron chi connectivity index (χ2n) is 5.26. The lowest BCUT2D eigenvalue weighted by molar-refractivity contribution is 0.126. The third kappa shape index (κ3) is 1.49. The molecule has 0 aliphatic heterocycles. The standard InChI is InChI=1S/C13H20N2O/c1-2-8-15-11(6-7-14-15)13(16)12-9-4-3-5-10(9)12/h6-7,9-10,12-13,16H,2-5,8H2,1H3. The van der Waals surface area contributed by atoms with Gasteiger partial charge in [0.15, 0.2) is 0 Å². The van der Waals surface area contributed by atoms with Crippen molar-refractivity contribution in [2.75, 3.05) is 0 Å². The largest absolute Gasteiger partial charge is 0.387 e. The minimum Gasteiger partial charge on any atom is -0.387 e. The second-order valence-corrected chi connectivity index (χ2v) is 5.26. The van der Waals surface area contributed by atoms with Crippen molar-refractivity contribution in [2.24, 2.45) is 17.8 Å². The molecule has 0 radical (unpaired) electrons. The first-order chi connectivity index (χ1) is 7.83. The van der Waals surface area contributed by atoms with Gasteiger partial charge >= 0.3 is 0 Å². The van der Waals surface area contributed by atoms with Crippen LogP contribution in [0.3, 0.4) is 0 Å². The molecule has 16 heavy (non-hydrogen) atoms. The van der Waals surface area contributed by atoms with Gasteiger partial charge in [0.05, 0.1) is 11.8 Å². The maximum Gasteiger partial charge on any atom is 0.0990 e. The van der Waals surface area contributed by atoms with Crippen molar-refractivity contribution >= 4 is 0 Å². The lowest BCUT2D eigenvalue weighted by Gasteiger charge is -2.14. The van der Waals surface area contributed by atoms with E-state index in [0.29, 0.717) is 5.92 Å². The van der Waals surface area contributed by atoms with E-state index in [4.69, 9.17) is 0 Å². The summed E-state index contributed by atoms with van der Waals surface area (Å²) < 4.78 is 1.97. The van der Waals surface area contributed by atoms with Gasteiger partial charge in [-0.3, -0.25) is 4.68 Å². The van der Waals surface area contributed by atoms with Gasteiger partial charge in [0.2, 0.25) is 0 Å². The van der Waals surface area contributed by atoms with Crippen LogP contribution in [0.25, 0.3) is 0 Å². The van der Waals surface area contributed by atoms with Gasteiger partial charge in [0.25, 0.3) is 0 Å². The Kier molecular flexibility index (Phi) is 2.51. The summed E-state index contributed by atoms with van der Waals surface area (Å²) in [5, 5.41) is 14.7. The van der Waals surface area contributed by atoms with Crippen LogP contribution in [0, 0.1) is 17.8 Å². The Bertz CT molecular complexity index is 364. The van der Waals surface area contributed by atoms with Crippen LogP contribution in [-0.4, -0.2) is 14.9 Å². The quantitative estimate of drug-likeness (QED) is 0.846. The van der Waals surface area contributed by atoms with Crippen LogP contribution < -0.4 is 0 Å². The number of aromatic nitrogens is 2. The number of rotatable bonds is 4. The number of hydrogen-bond donors (Lipinski definition) is 1. The summed E-state index contributed by atoms with van der Waals surface area (Å²) >= 11 is 0. The molecule has 2 aliphatic rings. The molecule has 88 valence electrons. The first kappa shape index (κ1) is 10.3. The molecular formula is C13H20N2O. The van der Waals surface area contributed by atoms with Crippen LogP contribution in [0.15, 0.2) is 12.3 Å². The van der Waals surface area contributed by atoms with Crippen molar-refractivity contribution in [1.82, 2.24) is 9.78 Å². The molecule has 3 atom stereocenters. The van der Waals surface area contributed by atoms with E-state index in [1.54, 1.807) is 0 Å². The third-order valence-corrected chi connectivity index (χ3v) is 4.33. The Morgan fingerprint density at radius 1 is 1.50 bits per heavy atom. The predicted octanol–water partition coefficient (Wildman–Crippen LogP) is 2.37. The Balaban J connectivity index is 1.74. The molecule has 0 saturated heterocycles. The lowest BCUT2D eigenvalue weighted by atomic mass is 10.0. The molecule has 0 bridgehead atoms. The Morgan fingerprint density at radius 3 is 2.94 bits per heavy atom. The summed E-state index contributed by atoms with van der Waals surface area (Å²) in [4.78, 5) is 0. The fourth-order valence-electron chi connectivity index (χ4n) is 3.54. The summed E-state index contributed by atoms with van der Waals surface area (Å²) in [6.07, 6.45) is 6.63. The molecule has 2 fully saturated rings. The fourth-order valence-corrected chi connectivity index (χ4v) is 3.54. The predicted molar refractivity (Wildman–Crippen MR) is 61.8 cm³/mol. The van der Waals surface area contributed by atoms with Gasteiger partial charge in [0.1, 0.15) is 0 Å². The average Bonchev–Trinajstić information content (AvgIpc) is 2.73. The molecule has 1 aromatic rings. The van der Waals surface area contributed by atoms with Crippen molar-refractivity contribution in [3.63, 3.8) is 0 Å². The van der Waals surface area contributed by atoms with Crippen LogP contribution in [-0.2, 0) is 6.54 Å². The van der Waals surface area contributed by atoms with Gasteiger partial charge in [-0.2, -0.15) is 5.10 Å². The first-order valence-corrected chi connectivity index (χ1v) is 6.52. The van der Waals surface area contributed by atoms with Crippen molar-refractivity contribution in [3.05, 3.63) is 18.0 Å². The minimum absolute atomic E-state index is 0.274. The first-order valence-electron chi connectivity index (χ1n) is 6.52. The van der Waals surface area contributed by atoms with Crippen LogP contribution in [0.4, 0.5) is 0 Å². The highest BCUT2D eigenvalue weighted by molar-refractivity contribution is 5.14. The summed E-state index contributed by atoms with van der Waals surface area (Å²) in [5.74, 6) is 2.14. The topological polar surface area (TPSA) is 38.0 Å². The molecule has 3 unspecified atom stereocenters. The number of aliphatic hydroxyl groups is 1. The van der Waals surface area contributed by atoms with Gasteiger partial charge in [-0.1, -0.05) is 13.3 Å². The molecule has 3 heteroatoms. The van der Waals surface area contributed by atoms with E-state index in [1.807, 2.05) is 16.9 Å². The maximum absolute atomic E-state index is 10.4. The highest BCUT2D eigenvalue weighted by Gasteiger charge is 2.56. The Hall–Kier alpha value is -0.830. The van der Waals surface area contributed by atoms with Gasteiger partial charge < -0.3 is 5.11 Å². The van der Waals surface area contributed by atoms with E-state index in [1.165, 1.54) is 19.3 Å². The van der Waals surface area contributed by atoms with Crippen LogP contribution >= 0.6 is 0 Å². The van der Waals surface area contributed by atoms with Crippen LogP contribution in [0.1, 0.15) is 44.4 Å². The number of fused-ring (bicyclic) bond motifs is 1. The monoisotopic (exact) mass is 220 g/mol. The minimum atomic E-state index is -0.274.